The van der Waals surface area contributed by atoms with E-state index in [9.17, 15) is 0 Å². The van der Waals surface area contributed by atoms with Gasteiger partial charge in [0.15, 0.2) is 0 Å². The predicted octanol–water partition coefficient (Wildman–Crippen LogP) is 2.95. The van der Waals surface area contributed by atoms with Crippen molar-refractivity contribution in [3.05, 3.63) is 41.5 Å². The number of hydrogen-bond donors (Lipinski definition) is 0. The Hall–Kier alpha value is -1.31. The lowest BCUT2D eigenvalue weighted by Gasteiger charge is -2.03. The van der Waals surface area contributed by atoms with E-state index in [0.717, 1.165) is 6.54 Å². The molecule has 1 aromatic rings. The van der Waals surface area contributed by atoms with Gasteiger partial charge in [0.05, 0.1) is 6.33 Å². The van der Waals surface area contributed by atoms with Crippen molar-refractivity contribution in [2.24, 2.45) is 0 Å². The maximum absolute atomic E-state index is 4.22. The van der Waals surface area contributed by atoms with E-state index in [0.29, 0.717) is 0 Å². The normalized spacial score (nSPS) is 9.71. The number of aryl methyl sites for hydroxylation is 4. The summed E-state index contributed by atoms with van der Waals surface area (Å²) in [6.45, 7) is 9.41. The van der Waals surface area contributed by atoms with Gasteiger partial charge in [0.2, 0.25) is 0 Å². The van der Waals surface area contributed by atoms with Gasteiger partial charge in [0, 0.05) is 18.4 Å². The highest BCUT2D eigenvalue weighted by Crippen LogP contribution is 2.04. The number of nitrogens with zero attached hydrogens (tertiary/aromatic N) is 2. The van der Waals surface area contributed by atoms with Crippen molar-refractivity contribution in [2.75, 3.05) is 0 Å². The quantitative estimate of drug-likeness (QED) is 0.665. The molecule has 0 spiro atoms. The number of rotatable bonds is 1. The van der Waals surface area contributed by atoms with Crippen molar-refractivity contribution in [3.8, 4) is 0 Å². The molecule has 0 aliphatic heterocycles. The van der Waals surface area contributed by atoms with Crippen LogP contribution < -0.4 is 0 Å². The Morgan fingerprint density at radius 1 is 1.21 bits per heavy atom. The van der Waals surface area contributed by atoms with Crippen LogP contribution in [-0.2, 0) is 6.54 Å². The van der Waals surface area contributed by atoms with Crippen LogP contribution in [0.4, 0.5) is 0 Å². The van der Waals surface area contributed by atoms with Crippen LogP contribution in [-0.4, -0.2) is 9.55 Å². The van der Waals surface area contributed by atoms with Crippen LogP contribution in [0.3, 0.4) is 0 Å². The summed E-state index contributed by atoms with van der Waals surface area (Å²) in [5.74, 6) is 0. The Balaban J connectivity index is 3.46. The molecule has 1 rings (SSSR count). The predicted molar refractivity (Wildman–Crippen MR) is 59.7 cm³/mol. The second-order valence-electron chi connectivity index (χ2n) is 3.52. The summed E-state index contributed by atoms with van der Waals surface area (Å²) in [6, 6.07) is 4.23. The summed E-state index contributed by atoms with van der Waals surface area (Å²) in [5, 5.41) is 0. The van der Waals surface area contributed by atoms with Crippen LogP contribution in [0, 0.1) is 20.8 Å². The molecular formula is C12H18N2. The van der Waals surface area contributed by atoms with E-state index in [-0.39, 0.29) is 0 Å². The zero-order chi connectivity index (χ0) is 10.6. The van der Waals surface area contributed by atoms with Gasteiger partial charge >= 0.3 is 0 Å². The Morgan fingerprint density at radius 2 is 1.93 bits per heavy atom. The molecule has 1 aromatic heterocycles. The Bertz CT molecular complexity index is 363. The van der Waals surface area contributed by atoms with Gasteiger partial charge in [-0.2, -0.15) is 0 Å². The average molecular weight is 190 g/mol. The molecule has 0 fully saturated rings. The van der Waals surface area contributed by atoms with Gasteiger partial charge in [-0.3, -0.25) is 0 Å². The van der Waals surface area contributed by atoms with Crippen molar-refractivity contribution >= 4 is 0 Å². The maximum Gasteiger partial charge on any atom is 0.0946 e. The van der Waals surface area contributed by atoms with E-state index < -0.39 is 0 Å². The third-order valence-corrected chi connectivity index (χ3v) is 2.46. The SMILES string of the molecule is CCn1cnccc(C)c(C)cc1C. The average Bonchev–Trinajstić information content (AvgIpc) is 2.21. The lowest BCUT2D eigenvalue weighted by molar-refractivity contribution is 0.715. The third kappa shape index (κ3) is 2.59. The zero-order valence-corrected chi connectivity index (χ0v) is 9.41. The monoisotopic (exact) mass is 190 g/mol. The molecule has 0 radical (unpaired) electrons. The molecule has 2 heteroatoms. The minimum Gasteiger partial charge on any atom is -0.337 e. The summed E-state index contributed by atoms with van der Waals surface area (Å²) in [6.07, 6.45) is 3.71. The van der Waals surface area contributed by atoms with Gasteiger partial charge in [-0.25, -0.2) is 4.98 Å². The minimum atomic E-state index is 0.950. The smallest absolute Gasteiger partial charge is 0.0946 e. The highest BCUT2D eigenvalue weighted by molar-refractivity contribution is 5.21. The van der Waals surface area contributed by atoms with Crippen LogP contribution in [0.2, 0.25) is 0 Å². The molecule has 2 nitrogen and oxygen atoms in total. The first-order chi connectivity index (χ1) is 6.65. The molecule has 1 heterocycles. The van der Waals surface area contributed by atoms with Gasteiger partial charge in [-0.05, 0) is 51.0 Å². The zero-order valence-electron chi connectivity index (χ0n) is 9.41. The summed E-state index contributed by atoms with van der Waals surface area (Å²) < 4.78 is 2.13. The van der Waals surface area contributed by atoms with E-state index >= 15 is 0 Å². The molecule has 0 saturated heterocycles. The molecule has 0 atom stereocenters. The third-order valence-electron chi connectivity index (χ3n) is 2.46. The van der Waals surface area contributed by atoms with E-state index in [2.05, 4.69) is 43.3 Å². The molecular weight excluding hydrogens is 172 g/mol. The van der Waals surface area contributed by atoms with E-state index in [1.54, 1.807) is 0 Å². The molecule has 0 N–H and O–H groups in total. The lowest BCUT2D eigenvalue weighted by Crippen LogP contribution is -1.97. The molecule has 0 aliphatic carbocycles. The molecule has 0 bridgehead atoms. The number of hydrogen-bond acceptors (Lipinski definition) is 1. The van der Waals surface area contributed by atoms with Crippen molar-refractivity contribution < 1.29 is 0 Å². The Labute approximate surface area is 85.9 Å². The highest BCUT2D eigenvalue weighted by Gasteiger charge is 1.90. The molecule has 0 amide bonds. The second kappa shape index (κ2) is 4.80. The fourth-order valence-corrected chi connectivity index (χ4v) is 1.34. The molecule has 0 aliphatic rings. The van der Waals surface area contributed by atoms with E-state index in [4.69, 9.17) is 0 Å². The molecule has 14 heavy (non-hydrogen) atoms. The van der Waals surface area contributed by atoms with Crippen LogP contribution in [0.5, 0.6) is 0 Å². The maximum atomic E-state index is 4.22. The minimum absolute atomic E-state index is 0.950. The summed E-state index contributed by atoms with van der Waals surface area (Å²) >= 11 is 0. The highest BCUT2D eigenvalue weighted by atomic mass is 15.0. The van der Waals surface area contributed by atoms with Crippen LogP contribution in [0.15, 0.2) is 24.7 Å². The van der Waals surface area contributed by atoms with Gasteiger partial charge in [-0.1, -0.05) is 0 Å². The first kappa shape index (κ1) is 10.8. The van der Waals surface area contributed by atoms with Crippen molar-refractivity contribution in [1.29, 1.82) is 0 Å². The molecule has 76 valence electrons. The van der Waals surface area contributed by atoms with Crippen molar-refractivity contribution in [2.45, 2.75) is 34.2 Å². The van der Waals surface area contributed by atoms with Crippen molar-refractivity contribution in [3.63, 3.8) is 0 Å². The van der Waals surface area contributed by atoms with Gasteiger partial charge in [-0.15, -0.1) is 0 Å². The second-order valence-corrected chi connectivity index (χ2v) is 3.52. The topological polar surface area (TPSA) is 17.8 Å². The lowest BCUT2D eigenvalue weighted by atomic mass is 10.2. The van der Waals surface area contributed by atoms with Gasteiger partial charge in [0.1, 0.15) is 0 Å². The van der Waals surface area contributed by atoms with Gasteiger partial charge in [0.25, 0.3) is 0 Å². The first-order valence-electron chi connectivity index (χ1n) is 4.97. The first-order valence-corrected chi connectivity index (χ1v) is 4.97. The Morgan fingerprint density at radius 3 is 2.57 bits per heavy atom. The van der Waals surface area contributed by atoms with Crippen LogP contribution >= 0.6 is 0 Å². The van der Waals surface area contributed by atoms with Crippen LogP contribution in [0.25, 0.3) is 0 Å². The van der Waals surface area contributed by atoms with Crippen molar-refractivity contribution in [1.82, 2.24) is 9.55 Å². The molecule has 0 aromatic carbocycles. The Kier molecular flexibility index (Phi) is 3.69. The summed E-state index contributed by atoms with van der Waals surface area (Å²) in [5.41, 5.74) is 3.79. The van der Waals surface area contributed by atoms with Gasteiger partial charge < -0.3 is 4.57 Å². The summed E-state index contributed by atoms with van der Waals surface area (Å²) in [7, 11) is 0. The largest absolute Gasteiger partial charge is 0.337 e. The summed E-state index contributed by atoms with van der Waals surface area (Å²) in [4.78, 5) is 4.22. The number of aromatic nitrogens is 2. The molecule has 0 saturated carbocycles. The standard InChI is InChI=1S/C12H18N2/c1-5-14-9-13-7-6-10(2)11(3)8-12(14)4/h6-9H,5H2,1-4H3. The fraction of sp³-hybridized carbons (Fsp3) is 0.417. The van der Waals surface area contributed by atoms with Crippen LogP contribution in [0.1, 0.15) is 23.7 Å². The van der Waals surface area contributed by atoms with E-state index in [1.165, 1.54) is 16.8 Å². The fourth-order valence-electron chi connectivity index (χ4n) is 1.34. The molecule has 0 unspecified atom stereocenters. The van der Waals surface area contributed by atoms with E-state index in [1.807, 2.05) is 18.6 Å².